The first-order valence-corrected chi connectivity index (χ1v) is 7.30. The Morgan fingerprint density at radius 2 is 2.18 bits per heavy atom. The van der Waals surface area contributed by atoms with Crippen molar-refractivity contribution in [1.82, 2.24) is 9.78 Å². The van der Waals surface area contributed by atoms with Crippen LogP contribution in [0.5, 0.6) is 0 Å². The van der Waals surface area contributed by atoms with E-state index in [1.165, 1.54) is 0 Å². The van der Waals surface area contributed by atoms with Crippen LogP contribution < -0.4 is 0 Å². The van der Waals surface area contributed by atoms with Crippen LogP contribution in [0.15, 0.2) is 10.7 Å². The van der Waals surface area contributed by atoms with Gasteiger partial charge >= 0.3 is 0 Å². The summed E-state index contributed by atoms with van der Waals surface area (Å²) in [4.78, 5) is 0. The van der Waals surface area contributed by atoms with Crippen LogP contribution in [0.1, 0.15) is 51.6 Å². The number of aliphatic hydroxyl groups is 1. The predicted octanol–water partition coefficient (Wildman–Crippen LogP) is 3.45. The second kappa shape index (κ2) is 5.11. The summed E-state index contributed by atoms with van der Waals surface area (Å²) in [5.74, 6) is 0.733. The second-order valence-electron chi connectivity index (χ2n) is 5.28. The molecule has 0 bridgehead atoms. The van der Waals surface area contributed by atoms with Crippen LogP contribution in [-0.4, -0.2) is 14.9 Å². The molecule has 0 aliphatic heterocycles. The van der Waals surface area contributed by atoms with Gasteiger partial charge in [0, 0.05) is 6.54 Å². The Morgan fingerprint density at radius 1 is 1.53 bits per heavy atom. The van der Waals surface area contributed by atoms with E-state index in [0.717, 1.165) is 54.7 Å². The number of halogens is 1. The highest BCUT2D eigenvalue weighted by Crippen LogP contribution is 2.41. The van der Waals surface area contributed by atoms with Crippen molar-refractivity contribution < 1.29 is 5.11 Å². The molecule has 0 unspecified atom stereocenters. The number of nitrogens with zero attached hydrogens (tertiary/aromatic N) is 2. The van der Waals surface area contributed by atoms with Crippen LogP contribution in [0.2, 0.25) is 0 Å². The van der Waals surface area contributed by atoms with E-state index in [2.05, 4.69) is 34.9 Å². The zero-order valence-corrected chi connectivity index (χ0v) is 12.2. The number of hydrogen-bond donors (Lipinski definition) is 1. The average molecular weight is 301 g/mol. The van der Waals surface area contributed by atoms with Gasteiger partial charge in [0.25, 0.3) is 0 Å². The minimum Gasteiger partial charge on any atom is -0.384 e. The molecule has 17 heavy (non-hydrogen) atoms. The van der Waals surface area contributed by atoms with E-state index in [4.69, 9.17) is 0 Å². The fourth-order valence-corrected chi connectivity index (χ4v) is 3.35. The molecule has 1 fully saturated rings. The molecule has 1 saturated carbocycles. The van der Waals surface area contributed by atoms with Crippen molar-refractivity contribution in [1.29, 1.82) is 0 Å². The van der Waals surface area contributed by atoms with Gasteiger partial charge in [0.05, 0.1) is 16.4 Å². The smallest absolute Gasteiger partial charge is 0.107 e. The Bertz CT molecular complexity index is 381. The van der Waals surface area contributed by atoms with Crippen molar-refractivity contribution in [3.05, 3.63) is 16.4 Å². The van der Waals surface area contributed by atoms with Gasteiger partial charge in [0.2, 0.25) is 0 Å². The molecule has 0 saturated heterocycles. The van der Waals surface area contributed by atoms with Crippen molar-refractivity contribution in [2.45, 2.75) is 58.1 Å². The van der Waals surface area contributed by atoms with E-state index in [0.29, 0.717) is 0 Å². The first-order chi connectivity index (χ1) is 8.07. The summed E-state index contributed by atoms with van der Waals surface area (Å²) in [6, 6.07) is 0. The van der Waals surface area contributed by atoms with Crippen molar-refractivity contribution in [2.24, 2.45) is 5.92 Å². The summed E-state index contributed by atoms with van der Waals surface area (Å²) >= 11 is 3.53. The summed E-state index contributed by atoms with van der Waals surface area (Å²) in [6.07, 6.45) is 6.74. The molecular weight excluding hydrogens is 280 g/mol. The lowest BCUT2D eigenvalue weighted by Gasteiger charge is -2.35. The minimum atomic E-state index is -0.684. The third-order valence-corrected chi connectivity index (χ3v) is 4.35. The number of hydrogen-bond acceptors (Lipinski definition) is 2. The van der Waals surface area contributed by atoms with E-state index in [1.54, 1.807) is 6.20 Å². The Balaban J connectivity index is 2.28. The second-order valence-corrected chi connectivity index (χ2v) is 6.13. The molecule has 0 atom stereocenters. The molecule has 1 aromatic rings. The molecule has 3 nitrogen and oxygen atoms in total. The largest absolute Gasteiger partial charge is 0.384 e. The van der Waals surface area contributed by atoms with E-state index in [-0.39, 0.29) is 0 Å². The number of rotatable bonds is 3. The molecule has 0 radical (unpaired) electrons. The molecule has 4 heteroatoms. The highest BCUT2D eigenvalue weighted by molar-refractivity contribution is 9.10. The van der Waals surface area contributed by atoms with Gasteiger partial charge in [-0.1, -0.05) is 13.8 Å². The summed E-state index contributed by atoms with van der Waals surface area (Å²) < 4.78 is 2.91. The third kappa shape index (κ3) is 2.58. The molecular formula is C13H21BrN2O. The lowest BCUT2D eigenvalue weighted by Crippen LogP contribution is -2.34. The monoisotopic (exact) mass is 300 g/mol. The van der Waals surface area contributed by atoms with E-state index >= 15 is 0 Å². The molecule has 0 spiro atoms. The topological polar surface area (TPSA) is 38.0 Å². The average Bonchev–Trinajstić information content (AvgIpc) is 2.66. The van der Waals surface area contributed by atoms with Gasteiger partial charge < -0.3 is 5.11 Å². The first kappa shape index (κ1) is 13.1. The normalized spacial score (nSPS) is 29.5. The maximum Gasteiger partial charge on any atom is 0.107 e. The Kier molecular flexibility index (Phi) is 3.93. The molecule has 1 aromatic heterocycles. The van der Waals surface area contributed by atoms with Gasteiger partial charge in [-0.2, -0.15) is 5.10 Å². The van der Waals surface area contributed by atoms with Crippen molar-refractivity contribution in [3.63, 3.8) is 0 Å². The molecule has 2 rings (SSSR count). The highest BCUT2D eigenvalue weighted by atomic mass is 79.9. The first-order valence-electron chi connectivity index (χ1n) is 6.51. The standard InChI is InChI=1S/C13H21BrN2O/c1-3-8-16-12(11(14)9-15-16)13(17)6-4-10(2)5-7-13/h9-10,17H,3-8H2,1-2H3. The van der Waals surface area contributed by atoms with Crippen molar-refractivity contribution in [3.8, 4) is 0 Å². The lowest BCUT2D eigenvalue weighted by molar-refractivity contribution is -0.0203. The van der Waals surface area contributed by atoms with Crippen LogP contribution in [0.3, 0.4) is 0 Å². The van der Waals surface area contributed by atoms with Crippen LogP contribution >= 0.6 is 15.9 Å². The van der Waals surface area contributed by atoms with E-state index < -0.39 is 5.60 Å². The molecule has 96 valence electrons. The molecule has 1 aliphatic rings. The van der Waals surface area contributed by atoms with Gasteiger partial charge in [0.15, 0.2) is 0 Å². The number of aromatic nitrogens is 2. The van der Waals surface area contributed by atoms with E-state index in [1.807, 2.05) is 4.68 Å². The zero-order valence-electron chi connectivity index (χ0n) is 10.6. The zero-order chi connectivity index (χ0) is 12.5. The van der Waals surface area contributed by atoms with Gasteiger partial charge in [-0.25, -0.2) is 0 Å². The molecule has 0 amide bonds. The Morgan fingerprint density at radius 3 is 2.76 bits per heavy atom. The predicted molar refractivity (Wildman–Crippen MR) is 71.7 cm³/mol. The minimum absolute atomic E-state index is 0.684. The quantitative estimate of drug-likeness (QED) is 0.928. The maximum absolute atomic E-state index is 10.8. The summed E-state index contributed by atoms with van der Waals surface area (Å²) in [5, 5.41) is 15.2. The van der Waals surface area contributed by atoms with Gasteiger partial charge in [-0.3, -0.25) is 4.68 Å². The molecule has 1 heterocycles. The van der Waals surface area contributed by atoms with Crippen LogP contribution in [0.25, 0.3) is 0 Å². The van der Waals surface area contributed by atoms with E-state index in [9.17, 15) is 5.11 Å². The van der Waals surface area contributed by atoms with Crippen LogP contribution in [-0.2, 0) is 12.1 Å². The van der Waals surface area contributed by atoms with Crippen LogP contribution in [0.4, 0.5) is 0 Å². The highest BCUT2D eigenvalue weighted by Gasteiger charge is 2.37. The fourth-order valence-electron chi connectivity index (χ4n) is 2.68. The lowest BCUT2D eigenvalue weighted by atomic mass is 9.78. The Labute approximate surface area is 111 Å². The SMILES string of the molecule is CCCn1ncc(Br)c1C1(O)CCC(C)CC1. The summed E-state index contributed by atoms with van der Waals surface area (Å²) in [5.41, 5.74) is 0.294. The van der Waals surface area contributed by atoms with Crippen molar-refractivity contribution in [2.75, 3.05) is 0 Å². The maximum atomic E-state index is 10.8. The fraction of sp³-hybridized carbons (Fsp3) is 0.769. The van der Waals surface area contributed by atoms with Gasteiger partial charge in [-0.05, 0) is 54.0 Å². The molecule has 1 aliphatic carbocycles. The molecule has 0 aromatic carbocycles. The summed E-state index contributed by atoms with van der Waals surface area (Å²) in [7, 11) is 0. The number of aryl methyl sites for hydroxylation is 1. The van der Waals surface area contributed by atoms with Crippen molar-refractivity contribution >= 4 is 15.9 Å². The van der Waals surface area contributed by atoms with Crippen LogP contribution in [0, 0.1) is 5.92 Å². The summed E-state index contributed by atoms with van der Waals surface area (Å²) in [6.45, 7) is 5.27. The molecule has 1 N–H and O–H groups in total. The van der Waals surface area contributed by atoms with Gasteiger partial charge in [-0.15, -0.1) is 0 Å². The third-order valence-electron chi connectivity index (χ3n) is 3.77. The Hall–Kier alpha value is -0.350. The van der Waals surface area contributed by atoms with Gasteiger partial charge in [0.1, 0.15) is 5.60 Å².